The van der Waals surface area contributed by atoms with Crippen molar-refractivity contribution in [2.45, 2.75) is 19.8 Å². The van der Waals surface area contributed by atoms with Gasteiger partial charge < -0.3 is 15.0 Å². The van der Waals surface area contributed by atoms with Gasteiger partial charge in [-0.05, 0) is 13.3 Å². The van der Waals surface area contributed by atoms with Gasteiger partial charge >= 0.3 is 0 Å². The summed E-state index contributed by atoms with van der Waals surface area (Å²) in [4.78, 5) is 2.44. The van der Waals surface area contributed by atoms with E-state index in [-0.39, 0.29) is 0 Å². The molecule has 1 fully saturated rings. The Balaban J connectivity index is 2.38. The molecule has 0 amide bonds. The first kappa shape index (κ1) is 12.1. The Kier molecular flexibility index (Phi) is 5.26. The molecule has 1 rings (SSSR count). The second-order valence-electron chi connectivity index (χ2n) is 3.76. The molecule has 1 saturated heterocycles. The van der Waals surface area contributed by atoms with Crippen LogP contribution in [0.25, 0.3) is 0 Å². The van der Waals surface area contributed by atoms with Gasteiger partial charge in [-0.25, -0.2) is 0 Å². The van der Waals surface area contributed by atoms with Gasteiger partial charge in [0.05, 0.1) is 12.9 Å². The predicted octanol–water partition coefficient (Wildman–Crippen LogP) is 1.74. The third-order valence-corrected chi connectivity index (χ3v) is 2.81. The summed E-state index contributed by atoms with van der Waals surface area (Å²) in [6.45, 7) is 10.3. The lowest BCUT2D eigenvalue weighted by Crippen LogP contribution is -2.42. The normalized spacial score (nSPS) is 17.7. The molecule has 0 spiro atoms. The molecule has 0 bridgehead atoms. The van der Waals surface area contributed by atoms with E-state index in [0.717, 1.165) is 44.8 Å². The van der Waals surface area contributed by atoms with Crippen molar-refractivity contribution in [1.82, 2.24) is 10.2 Å². The monoisotopic (exact) mass is 210 g/mol. The van der Waals surface area contributed by atoms with Crippen molar-refractivity contribution < 1.29 is 4.74 Å². The first-order valence-corrected chi connectivity index (χ1v) is 5.60. The van der Waals surface area contributed by atoms with E-state index in [1.165, 1.54) is 5.70 Å². The highest BCUT2D eigenvalue weighted by molar-refractivity contribution is 5.03. The van der Waals surface area contributed by atoms with Crippen LogP contribution in [-0.2, 0) is 4.74 Å². The van der Waals surface area contributed by atoms with E-state index in [0.29, 0.717) is 0 Å². The summed E-state index contributed by atoms with van der Waals surface area (Å²) < 4.78 is 5.08. The number of hydrogen-bond acceptors (Lipinski definition) is 3. The van der Waals surface area contributed by atoms with Crippen molar-refractivity contribution >= 4 is 0 Å². The van der Waals surface area contributed by atoms with E-state index in [9.17, 15) is 0 Å². The van der Waals surface area contributed by atoms with E-state index in [4.69, 9.17) is 4.74 Å². The van der Waals surface area contributed by atoms with Crippen molar-refractivity contribution in [1.29, 1.82) is 0 Å². The third kappa shape index (κ3) is 3.96. The van der Waals surface area contributed by atoms with E-state index in [1.807, 2.05) is 0 Å². The molecular formula is C12H22N2O. The number of ether oxygens (including phenoxy) is 1. The summed E-state index contributed by atoms with van der Waals surface area (Å²) in [6.07, 6.45) is 4.15. The minimum Gasteiger partial charge on any atom is -0.502 e. The molecule has 0 radical (unpaired) electrons. The maximum Gasteiger partial charge on any atom is 0.0887 e. The Labute approximate surface area is 92.8 Å². The zero-order valence-electron chi connectivity index (χ0n) is 9.88. The number of methoxy groups -OCH3 is 1. The zero-order chi connectivity index (χ0) is 11.1. The molecule has 15 heavy (non-hydrogen) atoms. The highest BCUT2D eigenvalue weighted by Gasteiger charge is 2.12. The van der Waals surface area contributed by atoms with Crippen LogP contribution in [0, 0.1) is 0 Å². The first-order chi connectivity index (χ1) is 7.27. The topological polar surface area (TPSA) is 24.5 Å². The Morgan fingerprint density at radius 2 is 2.07 bits per heavy atom. The number of rotatable bonds is 5. The van der Waals surface area contributed by atoms with E-state index >= 15 is 0 Å². The van der Waals surface area contributed by atoms with Crippen LogP contribution in [0.15, 0.2) is 24.1 Å². The minimum atomic E-state index is 0.865. The highest BCUT2D eigenvalue weighted by Crippen LogP contribution is 2.15. The van der Waals surface area contributed by atoms with Crippen LogP contribution in [0.1, 0.15) is 19.8 Å². The molecule has 86 valence electrons. The molecule has 1 heterocycles. The summed E-state index contributed by atoms with van der Waals surface area (Å²) in [5, 5.41) is 3.36. The molecule has 3 nitrogen and oxygen atoms in total. The predicted molar refractivity (Wildman–Crippen MR) is 63.6 cm³/mol. The summed E-state index contributed by atoms with van der Waals surface area (Å²) in [5.74, 6) is 0.865. The Morgan fingerprint density at radius 1 is 1.40 bits per heavy atom. The van der Waals surface area contributed by atoms with Crippen LogP contribution >= 0.6 is 0 Å². The Morgan fingerprint density at radius 3 is 2.60 bits per heavy atom. The fourth-order valence-electron chi connectivity index (χ4n) is 1.81. The molecule has 1 N–H and O–H groups in total. The molecular weight excluding hydrogens is 188 g/mol. The molecule has 0 saturated carbocycles. The van der Waals surface area contributed by atoms with Crippen molar-refractivity contribution in [2.24, 2.45) is 0 Å². The standard InChI is InChI=1S/C12H22N2O/c1-4-12(6-5-11(2)15-3)14-9-7-13-8-10-14/h4,13H,2,5-10H2,1,3H3/b12-4+. The second kappa shape index (κ2) is 6.51. The van der Waals surface area contributed by atoms with Crippen LogP contribution in [0.2, 0.25) is 0 Å². The van der Waals surface area contributed by atoms with Gasteiger partial charge in [-0.2, -0.15) is 0 Å². The average molecular weight is 210 g/mol. The fourth-order valence-corrected chi connectivity index (χ4v) is 1.81. The summed E-state index contributed by atoms with van der Waals surface area (Å²) in [6, 6.07) is 0. The van der Waals surface area contributed by atoms with Crippen LogP contribution in [0.5, 0.6) is 0 Å². The molecule has 3 heteroatoms. The number of nitrogens with one attached hydrogen (secondary N) is 1. The number of allylic oxidation sites excluding steroid dienone is 3. The van der Waals surface area contributed by atoms with Crippen molar-refractivity contribution in [2.75, 3.05) is 33.3 Å². The molecule has 0 atom stereocenters. The summed E-state index contributed by atoms with van der Waals surface area (Å²) in [5.41, 5.74) is 1.41. The molecule has 0 aliphatic carbocycles. The van der Waals surface area contributed by atoms with E-state index in [1.54, 1.807) is 7.11 Å². The molecule has 1 aliphatic rings. The van der Waals surface area contributed by atoms with Crippen molar-refractivity contribution in [3.05, 3.63) is 24.1 Å². The van der Waals surface area contributed by atoms with Crippen molar-refractivity contribution in [3.63, 3.8) is 0 Å². The largest absolute Gasteiger partial charge is 0.502 e. The van der Waals surface area contributed by atoms with Crippen molar-refractivity contribution in [3.8, 4) is 0 Å². The zero-order valence-corrected chi connectivity index (χ0v) is 9.88. The minimum absolute atomic E-state index is 0.865. The number of nitrogens with zero attached hydrogens (tertiary/aromatic N) is 1. The average Bonchev–Trinajstić information content (AvgIpc) is 2.31. The molecule has 0 aromatic rings. The highest BCUT2D eigenvalue weighted by atomic mass is 16.5. The quantitative estimate of drug-likeness (QED) is 0.699. The number of hydrogen-bond donors (Lipinski definition) is 1. The summed E-state index contributed by atoms with van der Waals surface area (Å²) in [7, 11) is 1.68. The van der Waals surface area contributed by atoms with Gasteiger partial charge in [-0.3, -0.25) is 0 Å². The first-order valence-electron chi connectivity index (χ1n) is 5.60. The molecule has 1 aliphatic heterocycles. The SMILES string of the molecule is C=C(CC/C(=C\C)N1CCNCC1)OC. The Hall–Kier alpha value is -0.960. The van der Waals surface area contributed by atoms with Gasteiger partial charge in [0.1, 0.15) is 0 Å². The Bertz CT molecular complexity index is 230. The lowest BCUT2D eigenvalue weighted by atomic mass is 10.1. The number of piperazine rings is 1. The third-order valence-electron chi connectivity index (χ3n) is 2.81. The van der Waals surface area contributed by atoms with Gasteiger partial charge in [-0.15, -0.1) is 0 Å². The van der Waals surface area contributed by atoms with Gasteiger partial charge in [0.2, 0.25) is 0 Å². The summed E-state index contributed by atoms with van der Waals surface area (Å²) >= 11 is 0. The van der Waals surface area contributed by atoms with Gasteiger partial charge in [-0.1, -0.05) is 12.7 Å². The molecule has 0 aromatic carbocycles. The lowest BCUT2D eigenvalue weighted by molar-refractivity contribution is 0.263. The fraction of sp³-hybridized carbons (Fsp3) is 0.667. The van der Waals surface area contributed by atoms with E-state index < -0.39 is 0 Å². The lowest BCUT2D eigenvalue weighted by Gasteiger charge is -2.31. The van der Waals surface area contributed by atoms with Gasteiger partial charge in [0.25, 0.3) is 0 Å². The van der Waals surface area contributed by atoms with Crippen LogP contribution in [0.3, 0.4) is 0 Å². The maximum absolute atomic E-state index is 5.08. The van der Waals surface area contributed by atoms with Gasteiger partial charge in [0, 0.05) is 38.3 Å². The van der Waals surface area contributed by atoms with Crippen LogP contribution < -0.4 is 5.32 Å². The maximum atomic E-state index is 5.08. The van der Waals surface area contributed by atoms with Gasteiger partial charge in [0.15, 0.2) is 0 Å². The van der Waals surface area contributed by atoms with Crippen LogP contribution in [0.4, 0.5) is 0 Å². The molecule has 0 aromatic heterocycles. The van der Waals surface area contributed by atoms with Crippen LogP contribution in [-0.4, -0.2) is 38.2 Å². The molecule has 0 unspecified atom stereocenters. The van der Waals surface area contributed by atoms with E-state index in [2.05, 4.69) is 29.8 Å². The second-order valence-corrected chi connectivity index (χ2v) is 3.76. The smallest absolute Gasteiger partial charge is 0.0887 e.